The van der Waals surface area contributed by atoms with Gasteiger partial charge in [-0.1, -0.05) is 0 Å². The highest BCUT2D eigenvalue weighted by atomic mass is 16.5. The van der Waals surface area contributed by atoms with Gasteiger partial charge >= 0.3 is 0 Å². The Morgan fingerprint density at radius 2 is 2.42 bits per heavy atom. The van der Waals surface area contributed by atoms with Crippen molar-refractivity contribution in [3.05, 3.63) is 24.0 Å². The molecular formula is C9H12N2O. The van der Waals surface area contributed by atoms with Crippen LogP contribution in [0.4, 0.5) is 0 Å². The smallest absolute Gasteiger partial charge is 0.101 e. The van der Waals surface area contributed by atoms with E-state index in [0.29, 0.717) is 0 Å². The molecule has 1 atom stereocenters. The maximum atomic E-state index is 5.56. The van der Waals surface area contributed by atoms with Gasteiger partial charge in [0.1, 0.15) is 6.10 Å². The van der Waals surface area contributed by atoms with Crippen LogP contribution >= 0.6 is 0 Å². The fourth-order valence-corrected chi connectivity index (χ4v) is 1.46. The summed E-state index contributed by atoms with van der Waals surface area (Å²) in [5.41, 5.74) is 0.970. The standard InChI is InChI=1S/C9H12N2O/c1-2-7-12-9(5-1)8-4-3-6-10-11-8/h3-4,6,9H,1-2,5,7H2. The maximum absolute atomic E-state index is 5.56. The van der Waals surface area contributed by atoms with Gasteiger partial charge in [-0.05, 0) is 31.4 Å². The van der Waals surface area contributed by atoms with E-state index in [2.05, 4.69) is 10.2 Å². The average Bonchev–Trinajstić information content (AvgIpc) is 2.21. The van der Waals surface area contributed by atoms with Gasteiger partial charge in [0.2, 0.25) is 0 Å². The first-order chi connectivity index (χ1) is 5.97. The van der Waals surface area contributed by atoms with Gasteiger partial charge in [-0.3, -0.25) is 0 Å². The lowest BCUT2D eigenvalue weighted by atomic mass is 10.1. The van der Waals surface area contributed by atoms with E-state index in [-0.39, 0.29) is 6.10 Å². The summed E-state index contributed by atoms with van der Waals surface area (Å²) in [5.74, 6) is 0. The summed E-state index contributed by atoms with van der Waals surface area (Å²) < 4.78 is 5.56. The lowest BCUT2D eigenvalue weighted by Crippen LogP contribution is -2.12. The first-order valence-corrected chi connectivity index (χ1v) is 4.36. The molecule has 12 heavy (non-hydrogen) atoms. The van der Waals surface area contributed by atoms with Crippen molar-refractivity contribution < 1.29 is 4.74 Å². The third-order valence-corrected chi connectivity index (χ3v) is 2.10. The van der Waals surface area contributed by atoms with Crippen molar-refractivity contribution in [2.24, 2.45) is 0 Å². The van der Waals surface area contributed by atoms with Gasteiger partial charge in [0.25, 0.3) is 0 Å². The number of nitrogens with zero attached hydrogens (tertiary/aromatic N) is 2. The highest BCUT2D eigenvalue weighted by Gasteiger charge is 2.16. The largest absolute Gasteiger partial charge is 0.372 e. The van der Waals surface area contributed by atoms with Crippen LogP contribution in [0.3, 0.4) is 0 Å². The van der Waals surface area contributed by atoms with Crippen LogP contribution in [0.1, 0.15) is 31.1 Å². The molecule has 0 spiro atoms. The number of ether oxygens (including phenoxy) is 1. The van der Waals surface area contributed by atoms with E-state index in [9.17, 15) is 0 Å². The topological polar surface area (TPSA) is 35.0 Å². The highest BCUT2D eigenvalue weighted by Crippen LogP contribution is 2.25. The predicted octanol–water partition coefficient (Wildman–Crippen LogP) is 1.72. The summed E-state index contributed by atoms with van der Waals surface area (Å²) in [6.07, 6.45) is 5.37. The molecule has 0 bridgehead atoms. The summed E-state index contributed by atoms with van der Waals surface area (Å²) in [5, 5.41) is 7.86. The van der Waals surface area contributed by atoms with Gasteiger partial charge in [0.05, 0.1) is 5.69 Å². The van der Waals surface area contributed by atoms with Crippen molar-refractivity contribution in [1.82, 2.24) is 10.2 Å². The molecule has 1 aromatic heterocycles. The summed E-state index contributed by atoms with van der Waals surface area (Å²) in [6, 6.07) is 3.88. The molecule has 1 aromatic rings. The summed E-state index contributed by atoms with van der Waals surface area (Å²) in [4.78, 5) is 0. The molecule has 0 N–H and O–H groups in total. The summed E-state index contributed by atoms with van der Waals surface area (Å²) in [6.45, 7) is 0.862. The molecule has 0 amide bonds. The quantitative estimate of drug-likeness (QED) is 0.634. The van der Waals surface area contributed by atoms with Crippen molar-refractivity contribution in [1.29, 1.82) is 0 Å². The van der Waals surface area contributed by atoms with E-state index >= 15 is 0 Å². The lowest BCUT2D eigenvalue weighted by Gasteiger charge is -2.21. The minimum Gasteiger partial charge on any atom is -0.372 e. The molecule has 2 rings (SSSR count). The Morgan fingerprint density at radius 1 is 1.42 bits per heavy atom. The summed E-state index contributed by atoms with van der Waals surface area (Å²) in [7, 11) is 0. The fourth-order valence-electron chi connectivity index (χ4n) is 1.46. The first kappa shape index (κ1) is 7.68. The van der Waals surface area contributed by atoms with Gasteiger partial charge in [0.15, 0.2) is 0 Å². The second kappa shape index (κ2) is 3.63. The predicted molar refractivity (Wildman–Crippen MR) is 44.6 cm³/mol. The van der Waals surface area contributed by atoms with E-state index in [4.69, 9.17) is 4.74 Å². The Bertz CT molecular complexity index is 232. The number of hydrogen-bond acceptors (Lipinski definition) is 3. The normalized spacial score (nSPS) is 23.8. The van der Waals surface area contributed by atoms with Crippen molar-refractivity contribution in [3.8, 4) is 0 Å². The molecule has 3 heteroatoms. The first-order valence-electron chi connectivity index (χ1n) is 4.36. The van der Waals surface area contributed by atoms with Crippen LogP contribution in [0.5, 0.6) is 0 Å². The molecule has 3 nitrogen and oxygen atoms in total. The molecule has 1 aliphatic heterocycles. The van der Waals surface area contributed by atoms with E-state index in [0.717, 1.165) is 18.7 Å². The Morgan fingerprint density at radius 3 is 3.08 bits per heavy atom. The van der Waals surface area contributed by atoms with Crippen LogP contribution in [0.15, 0.2) is 18.3 Å². The average molecular weight is 164 g/mol. The Hall–Kier alpha value is -0.960. The van der Waals surface area contributed by atoms with Crippen LogP contribution in [-0.2, 0) is 4.74 Å². The molecule has 1 fully saturated rings. The lowest BCUT2D eigenvalue weighted by molar-refractivity contribution is 0.0118. The number of rotatable bonds is 1. The molecule has 1 saturated heterocycles. The summed E-state index contributed by atoms with van der Waals surface area (Å²) >= 11 is 0. The van der Waals surface area contributed by atoms with E-state index in [1.54, 1.807) is 6.20 Å². The fraction of sp³-hybridized carbons (Fsp3) is 0.556. The number of hydrogen-bond donors (Lipinski definition) is 0. The van der Waals surface area contributed by atoms with Crippen LogP contribution in [0.2, 0.25) is 0 Å². The molecule has 0 aromatic carbocycles. The molecule has 0 aliphatic carbocycles. The van der Waals surface area contributed by atoms with Gasteiger partial charge in [-0.2, -0.15) is 10.2 Å². The van der Waals surface area contributed by atoms with Crippen molar-refractivity contribution in [2.75, 3.05) is 6.61 Å². The zero-order valence-electron chi connectivity index (χ0n) is 6.94. The van der Waals surface area contributed by atoms with Gasteiger partial charge in [-0.15, -0.1) is 0 Å². The van der Waals surface area contributed by atoms with Crippen LogP contribution in [0.25, 0.3) is 0 Å². The minimum absolute atomic E-state index is 0.187. The van der Waals surface area contributed by atoms with Gasteiger partial charge in [-0.25, -0.2) is 0 Å². The minimum atomic E-state index is 0.187. The van der Waals surface area contributed by atoms with Crippen molar-refractivity contribution in [3.63, 3.8) is 0 Å². The second-order valence-corrected chi connectivity index (χ2v) is 3.00. The van der Waals surface area contributed by atoms with E-state index in [1.807, 2.05) is 12.1 Å². The van der Waals surface area contributed by atoms with Crippen molar-refractivity contribution in [2.45, 2.75) is 25.4 Å². The van der Waals surface area contributed by atoms with Gasteiger partial charge in [0, 0.05) is 12.8 Å². The SMILES string of the molecule is c1cnnc(C2CCCCO2)c1. The van der Waals surface area contributed by atoms with Crippen molar-refractivity contribution >= 4 is 0 Å². The monoisotopic (exact) mass is 164 g/mol. The molecule has 0 saturated carbocycles. The highest BCUT2D eigenvalue weighted by molar-refractivity contribution is 5.03. The number of aromatic nitrogens is 2. The molecule has 2 heterocycles. The Labute approximate surface area is 71.8 Å². The van der Waals surface area contributed by atoms with Crippen LogP contribution in [0, 0.1) is 0 Å². The molecule has 0 radical (unpaired) electrons. The zero-order chi connectivity index (χ0) is 8.23. The van der Waals surface area contributed by atoms with Crippen LogP contribution in [-0.4, -0.2) is 16.8 Å². The molecular weight excluding hydrogens is 152 g/mol. The van der Waals surface area contributed by atoms with Gasteiger partial charge < -0.3 is 4.74 Å². The molecule has 64 valence electrons. The molecule has 1 unspecified atom stereocenters. The second-order valence-electron chi connectivity index (χ2n) is 3.00. The zero-order valence-corrected chi connectivity index (χ0v) is 6.94. The molecule has 1 aliphatic rings. The third kappa shape index (κ3) is 1.61. The maximum Gasteiger partial charge on any atom is 0.101 e. The Balaban J connectivity index is 2.08. The Kier molecular flexibility index (Phi) is 2.32. The van der Waals surface area contributed by atoms with E-state index in [1.165, 1.54) is 12.8 Å². The van der Waals surface area contributed by atoms with E-state index < -0.39 is 0 Å². The third-order valence-electron chi connectivity index (χ3n) is 2.10. The van der Waals surface area contributed by atoms with Crippen LogP contribution < -0.4 is 0 Å².